The predicted octanol–water partition coefficient (Wildman–Crippen LogP) is 2.75. The third-order valence-corrected chi connectivity index (χ3v) is 4.73. The Bertz CT molecular complexity index is 656. The van der Waals surface area contributed by atoms with Gasteiger partial charge in [-0.25, -0.2) is 4.79 Å². The molecule has 0 saturated carbocycles. The fourth-order valence-electron chi connectivity index (χ4n) is 3.64. The van der Waals surface area contributed by atoms with E-state index >= 15 is 0 Å². The number of hydrogen-bond acceptors (Lipinski definition) is 1. The molecule has 0 unspecified atom stereocenters. The number of fused-ring (bicyclic) bond motifs is 1. The molecular weight excluding hydrogens is 260 g/mol. The summed E-state index contributed by atoms with van der Waals surface area (Å²) < 4.78 is 0. The summed E-state index contributed by atoms with van der Waals surface area (Å²) >= 11 is 0. The molecule has 1 aliphatic heterocycles. The van der Waals surface area contributed by atoms with E-state index in [4.69, 9.17) is 0 Å². The summed E-state index contributed by atoms with van der Waals surface area (Å²) in [6.07, 6.45) is 1.91. The molecule has 0 aromatic heterocycles. The normalized spacial score (nSPS) is 18.9. The zero-order valence-electron chi connectivity index (χ0n) is 11.9. The number of rotatable bonds is 2. The molecule has 2 amide bonds. The average Bonchev–Trinajstić information content (AvgIpc) is 3.03. The molecule has 0 bridgehead atoms. The Morgan fingerprint density at radius 2 is 1.57 bits per heavy atom. The van der Waals surface area contributed by atoms with Crippen molar-refractivity contribution in [3.8, 4) is 0 Å². The topological polar surface area (TPSA) is 32.3 Å². The quantitative estimate of drug-likeness (QED) is 0.900. The largest absolute Gasteiger partial charge is 0.336 e. The summed E-state index contributed by atoms with van der Waals surface area (Å²) in [5.41, 5.74) is 3.86. The van der Waals surface area contributed by atoms with Gasteiger partial charge in [0.15, 0.2) is 0 Å². The minimum Gasteiger partial charge on any atom is -0.336 e. The predicted molar refractivity (Wildman–Crippen MR) is 82.0 cm³/mol. The van der Waals surface area contributed by atoms with Crippen LogP contribution >= 0.6 is 0 Å². The van der Waals surface area contributed by atoms with Crippen molar-refractivity contribution in [1.82, 2.24) is 10.2 Å². The van der Waals surface area contributed by atoms with E-state index in [1.165, 1.54) is 16.7 Å². The molecule has 1 spiro atoms. The van der Waals surface area contributed by atoms with E-state index in [2.05, 4.69) is 41.7 Å². The Morgan fingerprint density at radius 1 is 0.952 bits per heavy atom. The maximum Gasteiger partial charge on any atom is 0.318 e. The average molecular weight is 278 g/mol. The van der Waals surface area contributed by atoms with Crippen molar-refractivity contribution in [1.29, 1.82) is 0 Å². The van der Waals surface area contributed by atoms with E-state index in [-0.39, 0.29) is 11.6 Å². The van der Waals surface area contributed by atoms with Gasteiger partial charge < -0.3 is 10.2 Å². The van der Waals surface area contributed by atoms with Crippen molar-refractivity contribution >= 4 is 6.03 Å². The zero-order chi connectivity index (χ0) is 14.3. The highest BCUT2D eigenvalue weighted by atomic mass is 16.2. The second-order valence-corrected chi connectivity index (χ2v) is 6.08. The van der Waals surface area contributed by atoms with Crippen LogP contribution in [0.2, 0.25) is 0 Å². The Kier molecular flexibility index (Phi) is 2.74. The summed E-state index contributed by atoms with van der Waals surface area (Å²) in [4.78, 5) is 14.3. The minimum absolute atomic E-state index is 0.0617. The molecule has 1 saturated heterocycles. The lowest BCUT2D eigenvalue weighted by atomic mass is 9.94. The monoisotopic (exact) mass is 278 g/mol. The third kappa shape index (κ3) is 2.00. The fourth-order valence-corrected chi connectivity index (χ4v) is 3.64. The molecule has 106 valence electrons. The maximum atomic E-state index is 12.3. The molecule has 2 aromatic carbocycles. The van der Waals surface area contributed by atoms with Gasteiger partial charge >= 0.3 is 6.03 Å². The van der Waals surface area contributed by atoms with Crippen molar-refractivity contribution in [2.75, 3.05) is 6.54 Å². The maximum absolute atomic E-state index is 12.3. The number of amides is 2. The van der Waals surface area contributed by atoms with E-state index in [9.17, 15) is 4.79 Å². The van der Waals surface area contributed by atoms with Gasteiger partial charge in [-0.05, 0) is 29.5 Å². The molecular formula is C18H18N2O. The molecule has 0 radical (unpaired) electrons. The van der Waals surface area contributed by atoms with Crippen LogP contribution in [0.1, 0.15) is 16.7 Å². The van der Waals surface area contributed by atoms with Crippen molar-refractivity contribution < 1.29 is 4.79 Å². The lowest BCUT2D eigenvalue weighted by molar-refractivity contribution is 0.155. The first-order valence-corrected chi connectivity index (χ1v) is 7.43. The minimum atomic E-state index is -0.0867. The number of benzene rings is 2. The van der Waals surface area contributed by atoms with Gasteiger partial charge in [-0.2, -0.15) is 0 Å². The van der Waals surface area contributed by atoms with Gasteiger partial charge in [0, 0.05) is 13.1 Å². The van der Waals surface area contributed by atoms with Crippen LogP contribution in [0.5, 0.6) is 0 Å². The molecule has 3 nitrogen and oxygen atoms in total. The summed E-state index contributed by atoms with van der Waals surface area (Å²) in [5, 5.41) is 3.04. The highest BCUT2D eigenvalue weighted by molar-refractivity contribution is 5.78. The van der Waals surface area contributed by atoms with Crippen LogP contribution in [0.3, 0.4) is 0 Å². The highest BCUT2D eigenvalue weighted by Gasteiger charge is 2.48. The third-order valence-electron chi connectivity index (χ3n) is 4.73. The van der Waals surface area contributed by atoms with Gasteiger partial charge in [0.25, 0.3) is 0 Å². The number of nitrogens with one attached hydrogen (secondary N) is 1. The number of carbonyl (C=O) groups excluding carboxylic acids is 1. The molecule has 3 heteroatoms. The number of hydrogen-bond donors (Lipinski definition) is 1. The molecule has 1 heterocycles. The number of nitrogens with zero attached hydrogens (tertiary/aromatic N) is 1. The fraction of sp³-hybridized carbons (Fsp3) is 0.278. The first-order valence-electron chi connectivity index (χ1n) is 7.43. The Morgan fingerprint density at radius 3 is 2.24 bits per heavy atom. The van der Waals surface area contributed by atoms with Gasteiger partial charge in [0.1, 0.15) is 0 Å². The molecule has 1 aliphatic carbocycles. The summed E-state index contributed by atoms with van der Waals surface area (Å²) in [6, 6.07) is 18.8. The van der Waals surface area contributed by atoms with Crippen LogP contribution in [0.25, 0.3) is 0 Å². The molecule has 2 aromatic rings. The standard InChI is InChI=1S/C18H18N2O/c21-17-19-13-18(10-15-8-4-5-9-16(15)11-18)20(17)12-14-6-2-1-3-7-14/h1-9H,10-13H2,(H,19,21). The van der Waals surface area contributed by atoms with E-state index < -0.39 is 0 Å². The Labute approximate surface area is 124 Å². The van der Waals surface area contributed by atoms with Crippen LogP contribution in [-0.4, -0.2) is 23.0 Å². The summed E-state index contributed by atoms with van der Waals surface area (Å²) in [7, 11) is 0. The van der Waals surface area contributed by atoms with Crippen molar-refractivity contribution in [3.63, 3.8) is 0 Å². The molecule has 1 N–H and O–H groups in total. The SMILES string of the molecule is O=C1NCC2(Cc3ccccc3C2)N1Cc1ccccc1. The summed E-state index contributed by atoms with van der Waals surface area (Å²) in [6.45, 7) is 1.42. The van der Waals surface area contributed by atoms with Crippen LogP contribution in [0.4, 0.5) is 4.79 Å². The van der Waals surface area contributed by atoms with E-state index in [0.717, 1.165) is 19.4 Å². The van der Waals surface area contributed by atoms with Crippen molar-refractivity contribution in [2.24, 2.45) is 0 Å². The number of carbonyl (C=O) groups is 1. The molecule has 0 atom stereocenters. The smallest absolute Gasteiger partial charge is 0.318 e. The van der Waals surface area contributed by atoms with Crippen LogP contribution < -0.4 is 5.32 Å². The Balaban J connectivity index is 1.65. The first-order chi connectivity index (χ1) is 10.3. The van der Waals surface area contributed by atoms with Crippen LogP contribution in [0, 0.1) is 0 Å². The van der Waals surface area contributed by atoms with Crippen LogP contribution in [-0.2, 0) is 19.4 Å². The molecule has 1 fully saturated rings. The van der Waals surface area contributed by atoms with Crippen LogP contribution in [0.15, 0.2) is 54.6 Å². The van der Waals surface area contributed by atoms with Crippen molar-refractivity contribution in [3.05, 3.63) is 71.3 Å². The first kappa shape index (κ1) is 12.5. The summed E-state index contributed by atoms with van der Waals surface area (Å²) in [5.74, 6) is 0. The number of urea groups is 1. The van der Waals surface area contributed by atoms with Gasteiger partial charge in [-0.1, -0.05) is 54.6 Å². The molecule has 21 heavy (non-hydrogen) atoms. The van der Waals surface area contributed by atoms with E-state index in [0.29, 0.717) is 6.54 Å². The van der Waals surface area contributed by atoms with E-state index in [1.807, 2.05) is 23.1 Å². The van der Waals surface area contributed by atoms with Gasteiger partial charge in [-0.3, -0.25) is 0 Å². The lowest BCUT2D eigenvalue weighted by Crippen LogP contribution is -2.47. The van der Waals surface area contributed by atoms with Gasteiger partial charge in [0.2, 0.25) is 0 Å². The van der Waals surface area contributed by atoms with Gasteiger partial charge in [0.05, 0.1) is 5.54 Å². The lowest BCUT2D eigenvalue weighted by Gasteiger charge is -2.33. The zero-order valence-corrected chi connectivity index (χ0v) is 11.9. The Hall–Kier alpha value is -2.29. The van der Waals surface area contributed by atoms with E-state index in [1.54, 1.807) is 0 Å². The highest BCUT2D eigenvalue weighted by Crippen LogP contribution is 2.37. The molecule has 2 aliphatic rings. The molecule has 4 rings (SSSR count). The van der Waals surface area contributed by atoms with Gasteiger partial charge in [-0.15, -0.1) is 0 Å². The van der Waals surface area contributed by atoms with Crippen molar-refractivity contribution in [2.45, 2.75) is 24.9 Å². The second-order valence-electron chi connectivity index (χ2n) is 6.08. The second kappa shape index (κ2) is 4.62.